The summed E-state index contributed by atoms with van der Waals surface area (Å²) in [4.78, 5) is 15.2. The Kier molecular flexibility index (Phi) is 3.25. The molecule has 2 rings (SSSR count). The number of hydrogen-bond acceptors (Lipinski definition) is 4. The third kappa shape index (κ3) is 2.21. The standard InChI is InChI=1S/C13H12O4/c14-12(10-7-3-4-8-10)11(13(15)17-16)9-5-1-2-6-9/h1-5,7,14,16H,6,8H2. The maximum Gasteiger partial charge on any atom is 0.376 e. The molecule has 0 aromatic carbocycles. The van der Waals surface area contributed by atoms with Gasteiger partial charge in [0.25, 0.3) is 0 Å². The summed E-state index contributed by atoms with van der Waals surface area (Å²) >= 11 is 0. The minimum Gasteiger partial charge on any atom is -0.507 e. The van der Waals surface area contributed by atoms with Crippen molar-refractivity contribution in [3.63, 3.8) is 0 Å². The lowest BCUT2D eigenvalue weighted by Crippen LogP contribution is -2.11. The molecule has 0 aromatic heterocycles. The molecule has 0 unspecified atom stereocenters. The fourth-order valence-corrected chi connectivity index (χ4v) is 1.84. The molecule has 2 aliphatic rings. The van der Waals surface area contributed by atoms with E-state index < -0.39 is 5.97 Å². The summed E-state index contributed by atoms with van der Waals surface area (Å²) < 4.78 is 0. The van der Waals surface area contributed by atoms with Crippen molar-refractivity contribution in [1.82, 2.24) is 0 Å². The van der Waals surface area contributed by atoms with Crippen LogP contribution in [-0.2, 0) is 9.68 Å². The minimum absolute atomic E-state index is 0.0208. The van der Waals surface area contributed by atoms with E-state index in [0.29, 0.717) is 24.0 Å². The molecule has 4 nitrogen and oxygen atoms in total. The van der Waals surface area contributed by atoms with Crippen LogP contribution in [0, 0.1) is 0 Å². The van der Waals surface area contributed by atoms with E-state index >= 15 is 0 Å². The van der Waals surface area contributed by atoms with Gasteiger partial charge in [0.05, 0.1) is 0 Å². The first-order valence-corrected chi connectivity index (χ1v) is 5.25. The molecule has 0 spiro atoms. The van der Waals surface area contributed by atoms with Crippen molar-refractivity contribution in [3.05, 3.63) is 58.9 Å². The fourth-order valence-electron chi connectivity index (χ4n) is 1.84. The summed E-state index contributed by atoms with van der Waals surface area (Å²) in [5.41, 5.74) is 1.29. The van der Waals surface area contributed by atoms with Gasteiger partial charge in [0.15, 0.2) is 0 Å². The zero-order valence-corrected chi connectivity index (χ0v) is 9.09. The van der Waals surface area contributed by atoms with Crippen LogP contribution in [0.4, 0.5) is 0 Å². The van der Waals surface area contributed by atoms with Gasteiger partial charge in [0, 0.05) is 0 Å². The molecule has 0 aromatic rings. The van der Waals surface area contributed by atoms with Crippen LogP contribution in [0.2, 0.25) is 0 Å². The highest BCUT2D eigenvalue weighted by Crippen LogP contribution is 2.28. The monoisotopic (exact) mass is 232 g/mol. The zero-order chi connectivity index (χ0) is 12.3. The van der Waals surface area contributed by atoms with E-state index in [-0.39, 0.29) is 11.3 Å². The van der Waals surface area contributed by atoms with E-state index in [1.165, 1.54) is 0 Å². The van der Waals surface area contributed by atoms with Gasteiger partial charge < -0.3 is 5.11 Å². The van der Waals surface area contributed by atoms with E-state index in [2.05, 4.69) is 4.89 Å². The highest BCUT2D eigenvalue weighted by Gasteiger charge is 2.24. The Morgan fingerprint density at radius 1 is 1.12 bits per heavy atom. The number of hydrogen-bond donors (Lipinski definition) is 2. The van der Waals surface area contributed by atoms with Crippen LogP contribution >= 0.6 is 0 Å². The van der Waals surface area contributed by atoms with Gasteiger partial charge in [-0.15, -0.1) is 0 Å². The molecule has 0 heterocycles. The zero-order valence-electron chi connectivity index (χ0n) is 9.09. The number of rotatable bonds is 3. The molecular weight excluding hydrogens is 220 g/mol. The molecule has 0 amide bonds. The smallest absolute Gasteiger partial charge is 0.376 e. The van der Waals surface area contributed by atoms with Gasteiger partial charge in [-0.1, -0.05) is 36.5 Å². The first kappa shape index (κ1) is 11.4. The SMILES string of the molecule is O=C(OO)C(C1=CC=CC1)=C(O)C1=CC=CC1. The molecule has 0 fully saturated rings. The molecule has 2 N–H and O–H groups in total. The van der Waals surface area contributed by atoms with Crippen molar-refractivity contribution in [2.75, 3.05) is 0 Å². The van der Waals surface area contributed by atoms with E-state index in [1.807, 2.05) is 12.2 Å². The average Bonchev–Trinajstić information content (AvgIpc) is 3.01. The fraction of sp³-hybridized carbons (Fsp3) is 0.154. The molecule has 0 saturated carbocycles. The Hall–Kier alpha value is -2.07. The van der Waals surface area contributed by atoms with E-state index in [0.717, 1.165) is 0 Å². The van der Waals surface area contributed by atoms with Gasteiger partial charge in [0.2, 0.25) is 0 Å². The molecule has 4 heteroatoms. The van der Waals surface area contributed by atoms with Crippen LogP contribution in [0.3, 0.4) is 0 Å². The first-order chi connectivity index (χ1) is 8.24. The normalized spacial score (nSPS) is 18.9. The van der Waals surface area contributed by atoms with Crippen LogP contribution in [-0.4, -0.2) is 16.3 Å². The van der Waals surface area contributed by atoms with E-state index in [9.17, 15) is 9.90 Å². The average molecular weight is 232 g/mol. The molecule has 0 atom stereocenters. The van der Waals surface area contributed by atoms with Crippen molar-refractivity contribution >= 4 is 5.97 Å². The van der Waals surface area contributed by atoms with Crippen LogP contribution < -0.4 is 0 Å². The van der Waals surface area contributed by atoms with E-state index in [4.69, 9.17) is 5.26 Å². The molecule has 0 radical (unpaired) electrons. The molecule has 0 aliphatic heterocycles. The Morgan fingerprint density at radius 2 is 1.71 bits per heavy atom. The maximum atomic E-state index is 11.5. The first-order valence-electron chi connectivity index (χ1n) is 5.25. The van der Waals surface area contributed by atoms with Gasteiger partial charge in [0.1, 0.15) is 11.3 Å². The van der Waals surface area contributed by atoms with Gasteiger partial charge in [-0.3, -0.25) is 4.89 Å². The second-order valence-electron chi connectivity index (χ2n) is 3.75. The maximum absolute atomic E-state index is 11.5. The summed E-state index contributed by atoms with van der Waals surface area (Å²) in [7, 11) is 0. The number of carbonyl (C=O) groups is 1. The number of allylic oxidation sites excluding steroid dienone is 7. The van der Waals surface area contributed by atoms with Crippen LogP contribution in [0.15, 0.2) is 58.9 Å². The predicted octanol–water partition coefficient (Wildman–Crippen LogP) is 2.59. The Labute approximate surface area is 98.5 Å². The van der Waals surface area contributed by atoms with Crippen molar-refractivity contribution in [2.45, 2.75) is 12.8 Å². The highest BCUT2D eigenvalue weighted by atomic mass is 17.1. The Morgan fingerprint density at radius 3 is 2.18 bits per heavy atom. The number of aliphatic hydroxyl groups excluding tert-OH is 1. The molecular formula is C13H12O4. The predicted molar refractivity (Wildman–Crippen MR) is 62.1 cm³/mol. The highest BCUT2D eigenvalue weighted by molar-refractivity contribution is 5.94. The van der Waals surface area contributed by atoms with Crippen molar-refractivity contribution in [3.8, 4) is 0 Å². The van der Waals surface area contributed by atoms with Gasteiger partial charge in [-0.05, 0) is 24.0 Å². The van der Waals surface area contributed by atoms with E-state index in [1.54, 1.807) is 24.3 Å². The molecule has 0 saturated heterocycles. The second-order valence-corrected chi connectivity index (χ2v) is 3.75. The summed E-state index contributed by atoms with van der Waals surface area (Å²) in [6, 6.07) is 0. The second kappa shape index (κ2) is 4.84. The third-order valence-corrected chi connectivity index (χ3v) is 2.69. The summed E-state index contributed by atoms with van der Waals surface area (Å²) in [5, 5.41) is 18.5. The molecule has 0 bridgehead atoms. The van der Waals surface area contributed by atoms with Gasteiger partial charge >= 0.3 is 5.97 Å². The topological polar surface area (TPSA) is 66.8 Å². The Bertz CT molecular complexity index is 490. The van der Waals surface area contributed by atoms with Crippen molar-refractivity contribution in [2.24, 2.45) is 0 Å². The quantitative estimate of drug-likeness (QED) is 0.339. The Balaban J connectivity index is 2.38. The van der Waals surface area contributed by atoms with Gasteiger partial charge in [-0.25, -0.2) is 4.79 Å². The molecule has 17 heavy (non-hydrogen) atoms. The molecule has 88 valence electrons. The third-order valence-electron chi connectivity index (χ3n) is 2.69. The van der Waals surface area contributed by atoms with Crippen LogP contribution in [0.1, 0.15) is 12.8 Å². The van der Waals surface area contributed by atoms with Crippen molar-refractivity contribution in [1.29, 1.82) is 0 Å². The lowest BCUT2D eigenvalue weighted by Gasteiger charge is -2.09. The largest absolute Gasteiger partial charge is 0.507 e. The number of aliphatic hydroxyl groups is 1. The summed E-state index contributed by atoms with van der Waals surface area (Å²) in [6.45, 7) is 0. The lowest BCUT2D eigenvalue weighted by atomic mass is 10.00. The summed E-state index contributed by atoms with van der Waals surface area (Å²) in [5.74, 6) is -1.07. The molecule has 2 aliphatic carbocycles. The minimum atomic E-state index is -0.940. The van der Waals surface area contributed by atoms with Crippen LogP contribution in [0.5, 0.6) is 0 Å². The van der Waals surface area contributed by atoms with Crippen LogP contribution in [0.25, 0.3) is 0 Å². The number of carbonyl (C=O) groups excluding carboxylic acids is 1. The summed E-state index contributed by atoms with van der Waals surface area (Å²) in [6.07, 6.45) is 11.9. The van der Waals surface area contributed by atoms with Gasteiger partial charge in [-0.2, -0.15) is 5.26 Å². The lowest BCUT2D eigenvalue weighted by molar-refractivity contribution is -0.229. The van der Waals surface area contributed by atoms with Crippen molar-refractivity contribution < 1.29 is 20.0 Å².